The minimum Gasteiger partial charge on any atom is -0.463 e. The van der Waals surface area contributed by atoms with Gasteiger partial charge in [-0.3, -0.25) is 4.79 Å². The van der Waals surface area contributed by atoms with Crippen molar-refractivity contribution < 1.29 is 9.53 Å². The van der Waals surface area contributed by atoms with Crippen LogP contribution in [-0.4, -0.2) is 24.7 Å². The molecule has 31 heavy (non-hydrogen) atoms. The van der Waals surface area contributed by atoms with Gasteiger partial charge in [0, 0.05) is 17.8 Å². The molecular weight excluding hydrogens is 384 g/mol. The Morgan fingerprint density at radius 1 is 1.10 bits per heavy atom. The van der Waals surface area contributed by atoms with Crippen molar-refractivity contribution in [3.63, 3.8) is 0 Å². The van der Waals surface area contributed by atoms with Crippen molar-refractivity contribution >= 4 is 28.4 Å². The largest absolute Gasteiger partial charge is 0.463 e. The normalized spacial score (nSPS) is 20.3. The fraction of sp³-hybridized carbons (Fsp3) is 0.222. The Kier molecular flexibility index (Phi) is 4.40. The average molecular weight is 411 g/mol. The maximum absolute atomic E-state index is 12.7. The average Bonchev–Trinajstić information content (AvgIpc) is 2.96. The molecule has 3 aromatic carbocycles. The summed E-state index contributed by atoms with van der Waals surface area (Å²) in [5, 5.41) is 5.25. The summed E-state index contributed by atoms with van der Waals surface area (Å²) in [5.41, 5.74) is 2.09. The molecule has 0 radical (unpaired) electrons. The standard InChI is InChI=1S/C27H26N2O2/c1-4-17-28-25(30)18-29-23-12-8-7-11-22(23)26(2,3)27(29)16-15-21-20-10-6-5-9-19(20)13-14-24(21)31-27/h4-16H,1,17-18H2,2-3H3,(H,28,30)/t27-/m1/s1. The second-order valence-electron chi connectivity index (χ2n) is 8.65. The highest BCUT2D eigenvalue weighted by Gasteiger charge is 2.59. The number of hydrogen-bond donors (Lipinski definition) is 1. The molecular formula is C27H26N2O2. The second kappa shape index (κ2) is 7.02. The van der Waals surface area contributed by atoms with Gasteiger partial charge in [-0.1, -0.05) is 54.6 Å². The van der Waals surface area contributed by atoms with E-state index in [1.807, 2.05) is 30.3 Å². The lowest BCUT2D eigenvalue weighted by atomic mass is 9.76. The van der Waals surface area contributed by atoms with Crippen molar-refractivity contribution in [2.24, 2.45) is 0 Å². The molecule has 0 aromatic heterocycles. The molecule has 2 heterocycles. The number of rotatable bonds is 4. The van der Waals surface area contributed by atoms with Crippen molar-refractivity contribution in [2.45, 2.75) is 25.0 Å². The highest BCUT2D eigenvalue weighted by Crippen LogP contribution is 2.55. The van der Waals surface area contributed by atoms with Crippen LogP contribution in [0.5, 0.6) is 5.75 Å². The third kappa shape index (κ3) is 2.78. The number of ether oxygens (including phenoxy) is 1. The van der Waals surface area contributed by atoms with E-state index in [-0.39, 0.29) is 17.9 Å². The van der Waals surface area contributed by atoms with Crippen molar-refractivity contribution in [1.29, 1.82) is 0 Å². The van der Waals surface area contributed by atoms with Crippen LogP contribution in [0.1, 0.15) is 25.0 Å². The van der Waals surface area contributed by atoms with Crippen LogP contribution in [0, 0.1) is 0 Å². The molecule has 1 spiro atoms. The van der Waals surface area contributed by atoms with Gasteiger partial charge < -0.3 is 15.0 Å². The van der Waals surface area contributed by atoms with E-state index in [4.69, 9.17) is 4.74 Å². The van der Waals surface area contributed by atoms with Gasteiger partial charge in [0.2, 0.25) is 11.6 Å². The van der Waals surface area contributed by atoms with Gasteiger partial charge in [-0.05, 0) is 54.5 Å². The van der Waals surface area contributed by atoms with Crippen LogP contribution < -0.4 is 15.0 Å². The van der Waals surface area contributed by atoms with E-state index in [1.54, 1.807) is 6.08 Å². The lowest BCUT2D eigenvalue weighted by molar-refractivity contribution is -0.120. The van der Waals surface area contributed by atoms with Gasteiger partial charge in [-0.2, -0.15) is 0 Å². The molecule has 1 atom stereocenters. The first-order chi connectivity index (χ1) is 15.0. The molecule has 0 saturated heterocycles. The van der Waals surface area contributed by atoms with Gasteiger partial charge >= 0.3 is 0 Å². The first-order valence-electron chi connectivity index (χ1n) is 10.6. The molecule has 4 nitrogen and oxygen atoms in total. The number of amides is 1. The predicted molar refractivity (Wildman–Crippen MR) is 126 cm³/mol. The van der Waals surface area contributed by atoms with Crippen molar-refractivity contribution in [3.05, 3.63) is 90.5 Å². The van der Waals surface area contributed by atoms with Crippen LogP contribution in [-0.2, 0) is 10.2 Å². The van der Waals surface area contributed by atoms with E-state index < -0.39 is 5.72 Å². The number of hydrogen-bond acceptors (Lipinski definition) is 3. The second-order valence-corrected chi connectivity index (χ2v) is 8.65. The van der Waals surface area contributed by atoms with E-state index in [0.29, 0.717) is 6.54 Å². The van der Waals surface area contributed by atoms with Crippen LogP contribution in [0.3, 0.4) is 0 Å². The summed E-state index contributed by atoms with van der Waals surface area (Å²) in [7, 11) is 0. The van der Waals surface area contributed by atoms with Crippen LogP contribution in [0.2, 0.25) is 0 Å². The zero-order valence-corrected chi connectivity index (χ0v) is 17.9. The Bertz CT molecular complexity index is 1230. The lowest BCUT2D eigenvalue weighted by Gasteiger charge is -2.47. The molecule has 0 fully saturated rings. The maximum atomic E-state index is 12.7. The van der Waals surface area contributed by atoms with Crippen molar-refractivity contribution in [1.82, 2.24) is 5.32 Å². The van der Waals surface area contributed by atoms with Gasteiger partial charge in [-0.25, -0.2) is 0 Å². The number of para-hydroxylation sites is 1. The van der Waals surface area contributed by atoms with Crippen molar-refractivity contribution in [3.8, 4) is 5.75 Å². The molecule has 2 aliphatic rings. The smallest absolute Gasteiger partial charge is 0.239 e. The highest BCUT2D eigenvalue weighted by atomic mass is 16.5. The molecule has 0 unspecified atom stereocenters. The zero-order chi connectivity index (χ0) is 21.6. The van der Waals surface area contributed by atoms with E-state index in [0.717, 1.165) is 22.4 Å². The molecule has 0 saturated carbocycles. The number of anilines is 1. The van der Waals surface area contributed by atoms with E-state index in [2.05, 4.69) is 73.1 Å². The van der Waals surface area contributed by atoms with Gasteiger partial charge in [-0.15, -0.1) is 6.58 Å². The summed E-state index contributed by atoms with van der Waals surface area (Å²) < 4.78 is 6.84. The van der Waals surface area contributed by atoms with Crippen LogP contribution >= 0.6 is 0 Å². The Morgan fingerprint density at radius 2 is 1.87 bits per heavy atom. The monoisotopic (exact) mass is 410 g/mol. The molecule has 0 aliphatic carbocycles. The minimum atomic E-state index is -0.808. The maximum Gasteiger partial charge on any atom is 0.239 e. The summed E-state index contributed by atoms with van der Waals surface area (Å²) in [4.78, 5) is 14.8. The molecule has 0 bridgehead atoms. The van der Waals surface area contributed by atoms with E-state index >= 15 is 0 Å². The molecule has 4 heteroatoms. The third-order valence-corrected chi connectivity index (χ3v) is 6.58. The molecule has 156 valence electrons. The van der Waals surface area contributed by atoms with Crippen LogP contribution in [0.15, 0.2) is 79.4 Å². The fourth-order valence-corrected chi connectivity index (χ4v) is 4.95. The lowest BCUT2D eigenvalue weighted by Crippen LogP contribution is -2.61. The zero-order valence-electron chi connectivity index (χ0n) is 17.9. The fourth-order valence-electron chi connectivity index (χ4n) is 4.95. The Hall–Kier alpha value is -3.53. The number of carbonyl (C=O) groups is 1. The third-order valence-electron chi connectivity index (χ3n) is 6.58. The summed E-state index contributed by atoms with van der Waals surface area (Å²) in [6.45, 7) is 8.70. The Labute approximate surface area is 182 Å². The summed E-state index contributed by atoms with van der Waals surface area (Å²) >= 11 is 0. The number of nitrogens with zero attached hydrogens (tertiary/aromatic N) is 1. The Balaban J connectivity index is 1.64. The number of carbonyl (C=O) groups excluding carboxylic acids is 1. The van der Waals surface area contributed by atoms with E-state index in [1.165, 1.54) is 10.9 Å². The molecule has 1 N–H and O–H groups in total. The first kappa shape index (κ1) is 19.4. The topological polar surface area (TPSA) is 41.6 Å². The van der Waals surface area contributed by atoms with Gasteiger partial charge in [0.25, 0.3) is 0 Å². The molecule has 1 amide bonds. The molecule has 2 aliphatic heterocycles. The molecule has 3 aromatic rings. The number of fused-ring (bicyclic) bond motifs is 4. The van der Waals surface area contributed by atoms with Crippen LogP contribution in [0.4, 0.5) is 5.69 Å². The summed E-state index contributed by atoms with van der Waals surface area (Å²) in [6.07, 6.45) is 5.97. The summed E-state index contributed by atoms with van der Waals surface area (Å²) in [6, 6.07) is 20.7. The Morgan fingerprint density at radius 3 is 2.71 bits per heavy atom. The highest BCUT2D eigenvalue weighted by molar-refractivity contribution is 5.94. The van der Waals surface area contributed by atoms with Gasteiger partial charge in [0.15, 0.2) is 0 Å². The summed E-state index contributed by atoms with van der Waals surface area (Å²) in [5.74, 6) is 0.770. The number of nitrogens with one attached hydrogen (secondary N) is 1. The van der Waals surface area contributed by atoms with Crippen LogP contribution in [0.25, 0.3) is 16.8 Å². The first-order valence-corrected chi connectivity index (χ1v) is 10.6. The molecule has 5 rings (SSSR count). The van der Waals surface area contributed by atoms with Gasteiger partial charge in [0.05, 0.1) is 5.41 Å². The number of benzene rings is 3. The SMILES string of the molecule is C=CCNC(=O)CN1c2ccccc2C(C)(C)[C@]12C=Cc1c(ccc3ccccc13)O2. The van der Waals surface area contributed by atoms with Gasteiger partial charge in [0.1, 0.15) is 12.3 Å². The van der Waals surface area contributed by atoms with Crippen molar-refractivity contribution in [2.75, 3.05) is 18.0 Å². The quantitative estimate of drug-likeness (QED) is 0.613. The minimum absolute atomic E-state index is 0.0620. The predicted octanol–water partition coefficient (Wildman–Crippen LogP) is 5.04. The van der Waals surface area contributed by atoms with E-state index in [9.17, 15) is 4.79 Å².